The fraction of sp³-hybridized carbons (Fsp3) is 0.500. The van der Waals surface area contributed by atoms with Gasteiger partial charge in [-0.2, -0.15) is 0 Å². The van der Waals surface area contributed by atoms with Crippen LogP contribution in [0.4, 0.5) is 0 Å². The second-order valence-electron chi connectivity index (χ2n) is 3.74. The molecule has 2 rings (SSSR count). The van der Waals surface area contributed by atoms with Gasteiger partial charge in [0.25, 0.3) is 0 Å². The Morgan fingerprint density at radius 2 is 1.81 bits per heavy atom. The maximum absolute atomic E-state index is 5.59. The van der Waals surface area contributed by atoms with E-state index in [1.807, 2.05) is 12.1 Å². The van der Waals surface area contributed by atoms with Crippen molar-refractivity contribution in [3.8, 4) is 11.5 Å². The Hall–Kier alpha value is -1.26. The van der Waals surface area contributed by atoms with Gasteiger partial charge in [0.05, 0.1) is 6.61 Å². The molecule has 0 bridgehead atoms. The molecule has 16 heavy (non-hydrogen) atoms. The number of hydrogen-bond acceptors (Lipinski definition) is 4. The maximum Gasteiger partial charge on any atom is 0.161 e. The van der Waals surface area contributed by atoms with Crippen molar-refractivity contribution in [2.45, 2.75) is 13.0 Å². The summed E-state index contributed by atoms with van der Waals surface area (Å²) < 4.78 is 16.2. The Morgan fingerprint density at radius 1 is 1.19 bits per heavy atom. The van der Waals surface area contributed by atoms with Crippen LogP contribution in [0.25, 0.3) is 0 Å². The molecule has 1 aromatic carbocycles. The summed E-state index contributed by atoms with van der Waals surface area (Å²) in [6.07, 6.45) is 0.829. The second kappa shape index (κ2) is 5.18. The van der Waals surface area contributed by atoms with Crippen molar-refractivity contribution >= 4 is 0 Å². The van der Waals surface area contributed by atoms with Gasteiger partial charge < -0.3 is 19.9 Å². The summed E-state index contributed by atoms with van der Waals surface area (Å²) in [5.74, 6) is 1.62. The van der Waals surface area contributed by atoms with Gasteiger partial charge in [0.2, 0.25) is 0 Å². The Morgan fingerprint density at radius 3 is 2.38 bits per heavy atom. The molecule has 0 saturated carbocycles. The lowest BCUT2D eigenvalue weighted by Crippen LogP contribution is -2.16. The van der Waals surface area contributed by atoms with E-state index in [4.69, 9.17) is 19.9 Å². The summed E-state index contributed by atoms with van der Waals surface area (Å²) in [6, 6.07) is 4.00. The Labute approximate surface area is 95.3 Å². The largest absolute Gasteiger partial charge is 0.486 e. The second-order valence-corrected chi connectivity index (χ2v) is 3.74. The topological polar surface area (TPSA) is 53.7 Å². The van der Waals surface area contributed by atoms with Crippen molar-refractivity contribution in [1.29, 1.82) is 0 Å². The number of rotatable bonds is 4. The smallest absolute Gasteiger partial charge is 0.161 e. The van der Waals surface area contributed by atoms with Gasteiger partial charge in [-0.3, -0.25) is 0 Å². The molecular weight excluding hydrogens is 206 g/mol. The third-order valence-electron chi connectivity index (χ3n) is 2.58. The molecule has 0 saturated heterocycles. The van der Waals surface area contributed by atoms with Crippen LogP contribution in [0.5, 0.6) is 11.5 Å². The highest BCUT2D eigenvalue weighted by molar-refractivity contribution is 5.48. The average Bonchev–Trinajstić information content (AvgIpc) is 2.30. The Kier molecular flexibility index (Phi) is 3.64. The van der Waals surface area contributed by atoms with Crippen molar-refractivity contribution < 1.29 is 14.2 Å². The minimum Gasteiger partial charge on any atom is -0.486 e. The van der Waals surface area contributed by atoms with Crippen LogP contribution >= 0.6 is 0 Å². The standard InChI is InChI=1S/C12H17NO3/c1-14-8-10-7-12-11(15-4-5-16-12)6-9(10)2-3-13/h6-7H,2-5,8,13H2,1H3. The van der Waals surface area contributed by atoms with Crippen molar-refractivity contribution in [3.63, 3.8) is 0 Å². The highest BCUT2D eigenvalue weighted by Crippen LogP contribution is 2.33. The van der Waals surface area contributed by atoms with Crippen LogP contribution in [0.3, 0.4) is 0 Å². The molecule has 88 valence electrons. The van der Waals surface area contributed by atoms with Crippen molar-refractivity contribution in [2.24, 2.45) is 5.73 Å². The quantitative estimate of drug-likeness (QED) is 0.830. The summed E-state index contributed by atoms with van der Waals surface area (Å²) in [5.41, 5.74) is 7.89. The first-order chi connectivity index (χ1) is 7.85. The van der Waals surface area contributed by atoms with Gasteiger partial charge in [-0.15, -0.1) is 0 Å². The number of ether oxygens (including phenoxy) is 3. The lowest BCUT2D eigenvalue weighted by molar-refractivity contribution is 0.167. The van der Waals surface area contributed by atoms with E-state index in [1.54, 1.807) is 7.11 Å². The van der Waals surface area contributed by atoms with E-state index in [1.165, 1.54) is 5.56 Å². The first-order valence-electron chi connectivity index (χ1n) is 5.45. The first kappa shape index (κ1) is 11.2. The Balaban J connectivity index is 2.33. The summed E-state index contributed by atoms with van der Waals surface area (Å²) >= 11 is 0. The predicted molar refractivity (Wildman–Crippen MR) is 60.9 cm³/mol. The molecule has 0 amide bonds. The lowest BCUT2D eigenvalue weighted by atomic mass is 10.0. The molecular formula is C12H17NO3. The van der Waals surface area contributed by atoms with E-state index < -0.39 is 0 Å². The predicted octanol–water partition coefficient (Wildman–Crippen LogP) is 1.11. The van der Waals surface area contributed by atoms with E-state index >= 15 is 0 Å². The Bertz CT molecular complexity index is 331. The highest BCUT2D eigenvalue weighted by Gasteiger charge is 2.15. The third-order valence-corrected chi connectivity index (χ3v) is 2.58. The molecule has 2 N–H and O–H groups in total. The first-order valence-corrected chi connectivity index (χ1v) is 5.45. The van der Waals surface area contributed by atoms with Gasteiger partial charge in [-0.25, -0.2) is 0 Å². The molecule has 1 aromatic rings. The van der Waals surface area contributed by atoms with Crippen LogP contribution in [0.2, 0.25) is 0 Å². The molecule has 0 fully saturated rings. The van der Waals surface area contributed by atoms with E-state index in [0.717, 1.165) is 23.5 Å². The van der Waals surface area contributed by atoms with E-state index in [0.29, 0.717) is 26.4 Å². The van der Waals surface area contributed by atoms with Crippen molar-refractivity contribution in [3.05, 3.63) is 23.3 Å². The zero-order valence-corrected chi connectivity index (χ0v) is 9.49. The van der Waals surface area contributed by atoms with E-state index in [2.05, 4.69) is 0 Å². The fourth-order valence-corrected chi connectivity index (χ4v) is 1.85. The van der Waals surface area contributed by atoms with E-state index in [-0.39, 0.29) is 0 Å². The van der Waals surface area contributed by atoms with Crippen LogP contribution in [0.1, 0.15) is 11.1 Å². The molecule has 0 radical (unpaired) electrons. The fourth-order valence-electron chi connectivity index (χ4n) is 1.85. The molecule has 4 nitrogen and oxygen atoms in total. The van der Waals surface area contributed by atoms with Gasteiger partial charge in [0.1, 0.15) is 13.2 Å². The lowest BCUT2D eigenvalue weighted by Gasteiger charge is -2.21. The number of nitrogens with two attached hydrogens (primary N) is 1. The third kappa shape index (κ3) is 2.28. The summed E-state index contributed by atoms with van der Waals surface area (Å²) in [7, 11) is 1.68. The van der Waals surface area contributed by atoms with Gasteiger partial charge in [0, 0.05) is 7.11 Å². The zero-order chi connectivity index (χ0) is 11.4. The molecule has 1 aliphatic heterocycles. The van der Waals surface area contributed by atoms with Crippen LogP contribution in [-0.2, 0) is 17.8 Å². The molecule has 0 aromatic heterocycles. The van der Waals surface area contributed by atoms with Crippen LogP contribution < -0.4 is 15.2 Å². The zero-order valence-electron chi connectivity index (χ0n) is 9.49. The van der Waals surface area contributed by atoms with E-state index in [9.17, 15) is 0 Å². The number of hydrogen-bond donors (Lipinski definition) is 1. The molecule has 0 atom stereocenters. The molecule has 0 unspecified atom stereocenters. The highest BCUT2D eigenvalue weighted by atomic mass is 16.6. The van der Waals surface area contributed by atoms with Gasteiger partial charge in [-0.05, 0) is 36.2 Å². The summed E-state index contributed by atoms with van der Waals surface area (Å²) in [5, 5.41) is 0. The molecule has 0 spiro atoms. The average molecular weight is 223 g/mol. The number of methoxy groups -OCH3 is 1. The van der Waals surface area contributed by atoms with Crippen LogP contribution in [0.15, 0.2) is 12.1 Å². The molecule has 0 aliphatic carbocycles. The summed E-state index contributed by atoms with van der Waals surface area (Å²) in [6.45, 7) is 2.41. The van der Waals surface area contributed by atoms with Gasteiger partial charge in [-0.1, -0.05) is 0 Å². The maximum atomic E-state index is 5.59. The monoisotopic (exact) mass is 223 g/mol. The van der Waals surface area contributed by atoms with Gasteiger partial charge >= 0.3 is 0 Å². The van der Waals surface area contributed by atoms with Crippen LogP contribution in [-0.4, -0.2) is 26.9 Å². The molecule has 4 heteroatoms. The minimum absolute atomic E-state index is 0.575. The van der Waals surface area contributed by atoms with Crippen LogP contribution in [0, 0.1) is 0 Å². The minimum atomic E-state index is 0.575. The van der Waals surface area contributed by atoms with Gasteiger partial charge in [0.15, 0.2) is 11.5 Å². The number of benzene rings is 1. The molecule has 1 heterocycles. The molecule has 1 aliphatic rings. The normalized spacial score (nSPS) is 13.9. The van der Waals surface area contributed by atoms with Crippen molar-refractivity contribution in [1.82, 2.24) is 0 Å². The summed E-state index contributed by atoms with van der Waals surface area (Å²) in [4.78, 5) is 0. The SMILES string of the molecule is COCc1cc2c(cc1CCN)OCCO2. The van der Waals surface area contributed by atoms with Crippen molar-refractivity contribution in [2.75, 3.05) is 26.9 Å². The number of fused-ring (bicyclic) bond motifs is 1.